The van der Waals surface area contributed by atoms with Crippen molar-refractivity contribution in [1.29, 1.82) is 0 Å². The molecule has 0 aliphatic carbocycles. The minimum Gasteiger partial charge on any atom is -0.453 e. The summed E-state index contributed by atoms with van der Waals surface area (Å²) in [7, 11) is 1.26. The average Bonchev–Trinajstić information content (AvgIpc) is 3.03. The molecular formula is C18H13FN4O3. The van der Waals surface area contributed by atoms with Gasteiger partial charge in [0, 0.05) is 16.7 Å². The molecule has 8 heteroatoms. The van der Waals surface area contributed by atoms with E-state index in [1.165, 1.54) is 25.3 Å². The van der Waals surface area contributed by atoms with Crippen LogP contribution >= 0.6 is 0 Å². The van der Waals surface area contributed by atoms with Crippen molar-refractivity contribution in [1.82, 2.24) is 9.97 Å². The van der Waals surface area contributed by atoms with Crippen LogP contribution in [0.2, 0.25) is 0 Å². The molecule has 130 valence electrons. The van der Waals surface area contributed by atoms with Crippen LogP contribution in [0.25, 0.3) is 11.0 Å². The number of fused-ring (bicyclic) bond motifs is 2. The number of hydrogen-bond acceptors (Lipinski definition) is 5. The molecule has 2 aromatic carbocycles. The summed E-state index contributed by atoms with van der Waals surface area (Å²) in [5.41, 5.74) is 3.46. The predicted molar refractivity (Wildman–Crippen MR) is 93.4 cm³/mol. The first-order valence-electron chi connectivity index (χ1n) is 7.78. The third kappa shape index (κ3) is 2.71. The minimum absolute atomic E-state index is 0.0180. The van der Waals surface area contributed by atoms with Crippen molar-refractivity contribution in [2.24, 2.45) is 4.99 Å². The van der Waals surface area contributed by atoms with Gasteiger partial charge in [0.15, 0.2) is 5.78 Å². The van der Waals surface area contributed by atoms with Crippen molar-refractivity contribution in [2.45, 2.75) is 0 Å². The topological polar surface area (TPSA) is 96.4 Å². The number of Topliss-reactive ketones (excluding diaryl/α,β-unsaturated/α-hetero) is 1. The number of carbonyl (C=O) groups is 2. The normalized spacial score (nSPS) is 13.3. The van der Waals surface area contributed by atoms with Crippen molar-refractivity contribution in [3.05, 3.63) is 58.9 Å². The number of ketones is 1. The number of halogens is 1. The number of carbonyl (C=O) groups excluding carboxylic acids is 2. The molecule has 2 heterocycles. The molecule has 0 radical (unpaired) electrons. The van der Waals surface area contributed by atoms with Gasteiger partial charge in [0.25, 0.3) is 0 Å². The van der Waals surface area contributed by atoms with Crippen molar-refractivity contribution in [2.75, 3.05) is 19.0 Å². The molecule has 1 aromatic heterocycles. The highest BCUT2D eigenvalue weighted by molar-refractivity contribution is 6.22. The molecule has 1 aliphatic rings. The van der Waals surface area contributed by atoms with E-state index in [1.807, 2.05) is 0 Å². The Morgan fingerprint density at radius 3 is 2.88 bits per heavy atom. The molecule has 2 N–H and O–H groups in total. The van der Waals surface area contributed by atoms with Gasteiger partial charge >= 0.3 is 6.09 Å². The van der Waals surface area contributed by atoms with E-state index in [-0.39, 0.29) is 18.3 Å². The van der Waals surface area contributed by atoms with Gasteiger partial charge in [0.2, 0.25) is 5.95 Å². The quantitative estimate of drug-likeness (QED) is 0.741. The van der Waals surface area contributed by atoms with Crippen molar-refractivity contribution in [3.8, 4) is 0 Å². The number of H-pyrrole nitrogens is 1. The number of hydrogen-bond donors (Lipinski definition) is 2. The number of nitrogens with zero attached hydrogens (tertiary/aromatic N) is 2. The van der Waals surface area contributed by atoms with Crippen LogP contribution in [0.3, 0.4) is 0 Å². The number of amides is 1. The zero-order valence-corrected chi connectivity index (χ0v) is 13.7. The molecule has 0 saturated carbocycles. The van der Waals surface area contributed by atoms with Gasteiger partial charge in [0.1, 0.15) is 12.4 Å². The van der Waals surface area contributed by atoms with E-state index >= 15 is 0 Å². The molecule has 0 fully saturated rings. The molecule has 0 saturated heterocycles. The van der Waals surface area contributed by atoms with Crippen molar-refractivity contribution >= 4 is 34.6 Å². The zero-order chi connectivity index (χ0) is 18.3. The van der Waals surface area contributed by atoms with Crippen LogP contribution in [-0.2, 0) is 4.74 Å². The maximum atomic E-state index is 13.7. The molecule has 3 aromatic rings. The first kappa shape index (κ1) is 15.9. The number of imidazole rings is 1. The maximum absolute atomic E-state index is 13.7. The van der Waals surface area contributed by atoms with E-state index in [4.69, 9.17) is 0 Å². The first-order chi connectivity index (χ1) is 12.5. The lowest BCUT2D eigenvalue weighted by molar-refractivity contribution is 0.1000. The van der Waals surface area contributed by atoms with Gasteiger partial charge in [-0.05, 0) is 30.3 Å². The Labute approximate surface area is 146 Å². The first-order valence-corrected chi connectivity index (χ1v) is 7.78. The number of ether oxygens (including phenoxy) is 1. The summed E-state index contributed by atoms with van der Waals surface area (Å²) in [5.74, 6) is -0.328. The molecule has 4 rings (SSSR count). The van der Waals surface area contributed by atoms with Crippen LogP contribution in [-0.4, -0.2) is 41.2 Å². The number of nitrogens with one attached hydrogen (secondary N) is 2. The lowest BCUT2D eigenvalue weighted by atomic mass is 9.92. The largest absolute Gasteiger partial charge is 0.453 e. The molecule has 1 amide bonds. The Morgan fingerprint density at radius 1 is 1.23 bits per heavy atom. The molecule has 0 atom stereocenters. The Morgan fingerprint density at radius 2 is 2.08 bits per heavy atom. The lowest BCUT2D eigenvalue weighted by Crippen LogP contribution is -2.20. The molecular weight excluding hydrogens is 339 g/mol. The fourth-order valence-corrected chi connectivity index (χ4v) is 2.89. The van der Waals surface area contributed by atoms with Crippen LogP contribution in [0.15, 0.2) is 41.4 Å². The highest BCUT2D eigenvalue weighted by Crippen LogP contribution is 2.24. The minimum atomic E-state index is -0.635. The third-order valence-corrected chi connectivity index (χ3v) is 4.08. The number of methoxy groups -OCH3 is 1. The van der Waals surface area contributed by atoms with Crippen LogP contribution in [0, 0.1) is 5.82 Å². The Kier molecular flexibility index (Phi) is 3.72. The monoisotopic (exact) mass is 352 g/mol. The Hall–Kier alpha value is -3.55. The van der Waals surface area contributed by atoms with E-state index in [1.54, 1.807) is 18.2 Å². The molecule has 0 bridgehead atoms. The summed E-state index contributed by atoms with van der Waals surface area (Å²) in [6.07, 6.45) is -0.635. The van der Waals surface area contributed by atoms with Gasteiger partial charge in [-0.2, -0.15) is 0 Å². The van der Waals surface area contributed by atoms with E-state index in [0.717, 1.165) is 0 Å². The lowest BCUT2D eigenvalue weighted by Gasteiger charge is -2.16. The van der Waals surface area contributed by atoms with Gasteiger partial charge < -0.3 is 9.72 Å². The summed E-state index contributed by atoms with van der Waals surface area (Å²) >= 11 is 0. The Balaban J connectivity index is 1.76. The number of benzene rings is 2. The van der Waals surface area contributed by atoms with Crippen molar-refractivity contribution in [3.63, 3.8) is 0 Å². The molecule has 0 spiro atoms. The van der Waals surface area contributed by atoms with Gasteiger partial charge in [-0.3, -0.25) is 15.1 Å². The number of anilines is 1. The number of rotatable bonds is 2. The predicted octanol–water partition coefficient (Wildman–Crippen LogP) is 2.91. The van der Waals surface area contributed by atoms with E-state index in [2.05, 4.69) is 25.0 Å². The Bertz CT molecular complexity index is 1090. The maximum Gasteiger partial charge on any atom is 0.413 e. The highest BCUT2D eigenvalue weighted by Gasteiger charge is 2.22. The molecule has 26 heavy (non-hydrogen) atoms. The number of aliphatic imine (C=N–C) groups is 1. The van der Waals surface area contributed by atoms with Crippen LogP contribution in [0.1, 0.15) is 21.5 Å². The van der Waals surface area contributed by atoms with E-state index in [9.17, 15) is 14.0 Å². The van der Waals surface area contributed by atoms with E-state index in [0.29, 0.717) is 33.4 Å². The molecule has 7 nitrogen and oxygen atoms in total. The van der Waals surface area contributed by atoms with Gasteiger partial charge in [0.05, 0.1) is 23.9 Å². The second-order valence-corrected chi connectivity index (χ2v) is 5.71. The van der Waals surface area contributed by atoms with Gasteiger partial charge in [-0.25, -0.2) is 14.2 Å². The van der Waals surface area contributed by atoms with E-state index < -0.39 is 11.9 Å². The fourth-order valence-electron chi connectivity index (χ4n) is 2.89. The molecule has 0 unspecified atom stereocenters. The van der Waals surface area contributed by atoms with Crippen LogP contribution in [0.5, 0.6) is 0 Å². The SMILES string of the molecule is COC(=O)Nc1nc2ccc(C3=NCC(=O)c4ccc(F)cc43)cc2[nH]1. The summed E-state index contributed by atoms with van der Waals surface area (Å²) in [6, 6.07) is 9.38. The summed E-state index contributed by atoms with van der Waals surface area (Å²) < 4.78 is 18.2. The summed E-state index contributed by atoms with van der Waals surface area (Å²) in [4.78, 5) is 34.8. The van der Waals surface area contributed by atoms with Gasteiger partial charge in [-0.15, -0.1) is 0 Å². The average molecular weight is 352 g/mol. The second kappa shape index (κ2) is 6.07. The van der Waals surface area contributed by atoms with Crippen LogP contribution in [0.4, 0.5) is 15.1 Å². The molecule has 1 aliphatic heterocycles. The third-order valence-electron chi connectivity index (χ3n) is 4.08. The summed E-state index contributed by atoms with van der Waals surface area (Å²) in [6.45, 7) is 0.0180. The number of aromatic nitrogens is 2. The zero-order valence-electron chi connectivity index (χ0n) is 13.7. The van der Waals surface area contributed by atoms with Crippen LogP contribution < -0.4 is 5.32 Å². The standard InChI is InChI=1S/C18H13FN4O3/c1-26-18(25)23-17-21-13-5-2-9(6-14(13)22-17)16-12-7-10(19)3-4-11(12)15(24)8-20-16/h2-7H,8H2,1H3,(H2,21,22,23,25). The fraction of sp³-hybridized carbons (Fsp3) is 0.111. The summed E-state index contributed by atoms with van der Waals surface area (Å²) in [5, 5.41) is 2.46. The van der Waals surface area contributed by atoms with Crippen molar-refractivity contribution < 1.29 is 18.7 Å². The smallest absolute Gasteiger partial charge is 0.413 e. The number of aromatic amines is 1. The van der Waals surface area contributed by atoms with Gasteiger partial charge in [-0.1, -0.05) is 6.07 Å². The highest BCUT2D eigenvalue weighted by atomic mass is 19.1. The second-order valence-electron chi connectivity index (χ2n) is 5.71.